The van der Waals surface area contributed by atoms with Gasteiger partial charge in [-0.05, 0) is 35.9 Å². The van der Waals surface area contributed by atoms with Crippen LogP contribution in [-0.4, -0.2) is 40.8 Å². The average Bonchev–Trinajstić information content (AvgIpc) is 3.41. The maximum Gasteiger partial charge on any atom is 0.276 e. The highest BCUT2D eigenvalue weighted by atomic mass is 32.1. The van der Waals surface area contributed by atoms with Crippen LogP contribution >= 0.6 is 11.3 Å². The molecule has 0 spiro atoms. The molecule has 1 unspecified atom stereocenters. The van der Waals surface area contributed by atoms with Gasteiger partial charge in [0.1, 0.15) is 6.10 Å². The summed E-state index contributed by atoms with van der Waals surface area (Å²) in [6, 6.07) is 10.5. The van der Waals surface area contributed by atoms with E-state index in [0.717, 1.165) is 27.4 Å². The molecule has 0 fully saturated rings. The van der Waals surface area contributed by atoms with Crippen LogP contribution in [0.15, 0.2) is 54.4 Å². The number of hydrogen-bond acceptors (Lipinski definition) is 6. The fourth-order valence-corrected chi connectivity index (χ4v) is 4.60. The summed E-state index contributed by atoms with van der Waals surface area (Å²) in [6.07, 6.45) is 4.89. The van der Waals surface area contributed by atoms with Gasteiger partial charge in [0.2, 0.25) is 0 Å². The first-order valence-corrected chi connectivity index (χ1v) is 14.7. The molecule has 1 aromatic carbocycles. The minimum atomic E-state index is -1.21. The zero-order valence-corrected chi connectivity index (χ0v) is 19.6. The van der Waals surface area contributed by atoms with Crippen LogP contribution in [0.3, 0.4) is 0 Å². The predicted molar refractivity (Wildman–Crippen MR) is 126 cm³/mol. The highest BCUT2D eigenvalue weighted by molar-refractivity contribution is 7.09. The van der Waals surface area contributed by atoms with E-state index < -0.39 is 8.07 Å². The van der Waals surface area contributed by atoms with Crippen LogP contribution in [0.4, 0.5) is 5.69 Å². The van der Waals surface area contributed by atoms with Crippen LogP contribution in [0.5, 0.6) is 0 Å². The Balaban J connectivity index is 1.63. The van der Waals surface area contributed by atoms with E-state index in [0.29, 0.717) is 18.0 Å². The number of nitrogens with zero attached hydrogens (tertiary/aromatic N) is 3. The van der Waals surface area contributed by atoms with Crippen LogP contribution in [0.1, 0.15) is 27.0 Å². The number of fused-ring (bicyclic) bond motifs is 1. The van der Waals surface area contributed by atoms with E-state index in [1.807, 2.05) is 29.9 Å². The highest BCUT2D eigenvalue weighted by Gasteiger charge is 2.22. The van der Waals surface area contributed by atoms with Crippen LogP contribution < -0.4 is 5.32 Å². The van der Waals surface area contributed by atoms with E-state index in [4.69, 9.17) is 4.74 Å². The van der Waals surface area contributed by atoms with Gasteiger partial charge in [0.25, 0.3) is 5.91 Å². The number of aromatic amines is 1. The molecule has 1 amide bonds. The summed E-state index contributed by atoms with van der Waals surface area (Å²) in [7, 11) is -1.21. The Bertz CT molecular complexity index is 1160. The van der Waals surface area contributed by atoms with Gasteiger partial charge in [0.05, 0.1) is 15.9 Å². The Kier molecular flexibility index (Phi) is 6.26. The Morgan fingerprint density at radius 1 is 1.19 bits per heavy atom. The van der Waals surface area contributed by atoms with E-state index in [1.165, 1.54) is 0 Å². The van der Waals surface area contributed by atoms with Crippen LogP contribution in [0, 0.1) is 0 Å². The lowest BCUT2D eigenvalue weighted by Crippen LogP contribution is -2.22. The minimum absolute atomic E-state index is 0.223. The molecule has 1 atom stereocenters. The second-order valence-corrected chi connectivity index (χ2v) is 15.1. The maximum absolute atomic E-state index is 12.8. The Morgan fingerprint density at radius 3 is 2.71 bits per heavy atom. The molecule has 9 heteroatoms. The number of thiazole rings is 1. The van der Waals surface area contributed by atoms with Crippen molar-refractivity contribution in [3.63, 3.8) is 0 Å². The van der Waals surface area contributed by atoms with Crippen molar-refractivity contribution in [3.05, 3.63) is 70.6 Å². The second-order valence-electron chi connectivity index (χ2n) is 8.53. The van der Waals surface area contributed by atoms with Gasteiger partial charge < -0.3 is 10.1 Å². The number of carbonyl (C=O) groups is 1. The molecule has 0 radical (unpaired) electrons. The van der Waals surface area contributed by atoms with Crippen molar-refractivity contribution in [1.29, 1.82) is 0 Å². The monoisotopic (exact) mass is 451 g/mol. The zero-order chi connectivity index (χ0) is 21.8. The number of pyridine rings is 1. The smallest absolute Gasteiger partial charge is 0.276 e. The van der Waals surface area contributed by atoms with Crippen molar-refractivity contribution in [2.75, 3.05) is 11.9 Å². The number of H-pyrrole nitrogens is 1. The van der Waals surface area contributed by atoms with Crippen molar-refractivity contribution >= 4 is 41.9 Å². The SMILES string of the molecule is C[Si](C)(C)CCOC(c1ccc2[nH]nc(C(=O)Nc3ccncc3)c2c1)c1cncs1. The van der Waals surface area contributed by atoms with Gasteiger partial charge >= 0.3 is 0 Å². The number of ether oxygens (including phenoxy) is 1. The van der Waals surface area contributed by atoms with E-state index in [1.54, 1.807) is 35.9 Å². The van der Waals surface area contributed by atoms with E-state index >= 15 is 0 Å². The molecule has 0 saturated heterocycles. The normalized spacial score (nSPS) is 12.7. The average molecular weight is 452 g/mol. The first kappa shape index (κ1) is 21.4. The maximum atomic E-state index is 12.8. The van der Waals surface area contributed by atoms with Crippen LogP contribution in [0.25, 0.3) is 10.9 Å². The topological polar surface area (TPSA) is 92.8 Å². The summed E-state index contributed by atoms with van der Waals surface area (Å²) >= 11 is 1.57. The molecule has 160 valence electrons. The molecular formula is C22H25N5O2SSi. The van der Waals surface area contributed by atoms with Crippen molar-refractivity contribution < 1.29 is 9.53 Å². The Morgan fingerprint density at radius 2 is 2.00 bits per heavy atom. The largest absolute Gasteiger partial charge is 0.368 e. The van der Waals surface area contributed by atoms with Gasteiger partial charge in [-0.25, -0.2) is 0 Å². The lowest BCUT2D eigenvalue weighted by molar-refractivity contribution is 0.0930. The standard InChI is InChI=1S/C22H25N5O2SSi/c1-31(2,3)11-10-29-21(19-13-24-14-30-19)15-4-5-18-17(12-15)20(27-26-18)22(28)25-16-6-8-23-9-7-16/h4-9,12-14,21H,10-11H2,1-3H3,(H,26,27)(H,23,25,28). The predicted octanol–water partition coefficient (Wildman–Crippen LogP) is 5.11. The summed E-state index contributed by atoms with van der Waals surface area (Å²) in [5, 5.41) is 10.8. The lowest BCUT2D eigenvalue weighted by Gasteiger charge is -2.21. The highest BCUT2D eigenvalue weighted by Crippen LogP contribution is 2.32. The fourth-order valence-electron chi connectivity index (χ4n) is 3.17. The lowest BCUT2D eigenvalue weighted by atomic mass is 10.0. The first-order chi connectivity index (χ1) is 14.9. The van der Waals surface area contributed by atoms with E-state index in [-0.39, 0.29) is 12.0 Å². The molecule has 0 aliphatic heterocycles. The van der Waals surface area contributed by atoms with Gasteiger partial charge in [0, 0.05) is 44.3 Å². The number of hydrogen-bond donors (Lipinski definition) is 2. The van der Waals surface area contributed by atoms with E-state index in [9.17, 15) is 4.79 Å². The molecule has 4 rings (SSSR count). The van der Waals surface area contributed by atoms with Gasteiger partial charge in [-0.2, -0.15) is 5.10 Å². The van der Waals surface area contributed by atoms with E-state index in [2.05, 4.69) is 45.1 Å². The van der Waals surface area contributed by atoms with Crippen molar-refractivity contribution in [2.24, 2.45) is 0 Å². The molecule has 0 bridgehead atoms. The van der Waals surface area contributed by atoms with Crippen molar-refractivity contribution in [3.8, 4) is 0 Å². The third-order valence-electron chi connectivity index (χ3n) is 4.89. The zero-order valence-electron chi connectivity index (χ0n) is 17.8. The Hall–Kier alpha value is -2.88. The number of amides is 1. The molecule has 0 aliphatic carbocycles. The number of carbonyl (C=O) groups excluding carboxylic acids is 1. The Labute approximate surface area is 185 Å². The molecule has 0 aliphatic rings. The van der Waals surface area contributed by atoms with Crippen molar-refractivity contribution in [2.45, 2.75) is 31.8 Å². The van der Waals surface area contributed by atoms with Crippen LogP contribution in [-0.2, 0) is 4.74 Å². The molecule has 3 heterocycles. The molecule has 4 aromatic rings. The summed E-state index contributed by atoms with van der Waals surface area (Å²) < 4.78 is 6.34. The second kappa shape index (κ2) is 9.09. The molecule has 7 nitrogen and oxygen atoms in total. The van der Waals surface area contributed by atoms with Crippen molar-refractivity contribution in [1.82, 2.24) is 20.2 Å². The number of benzene rings is 1. The first-order valence-electron chi connectivity index (χ1n) is 10.1. The van der Waals surface area contributed by atoms with Gasteiger partial charge in [-0.3, -0.25) is 19.9 Å². The summed E-state index contributed by atoms with van der Waals surface area (Å²) in [4.78, 5) is 22.1. The number of rotatable bonds is 8. The summed E-state index contributed by atoms with van der Waals surface area (Å²) in [6.45, 7) is 7.70. The molecule has 3 aromatic heterocycles. The summed E-state index contributed by atoms with van der Waals surface area (Å²) in [5.41, 5.74) is 4.61. The minimum Gasteiger partial charge on any atom is -0.368 e. The van der Waals surface area contributed by atoms with Gasteiger partial charge in [-0.1, -0.05) is 25.7 Å². The quantitative estimate of drug-likeness (QED) is 0.363. The number of aromatic nitrogens is 4. The molecule has 0 saturated carbocycles. The fraction of sp³-hybridized carbons (Fsp3) is 0.273. The number of nitrogens with one attached hydrogen (secondary N) is 2. The summed E-state index contributed by atoms with van der Waals surface area (Å²) in [5.74, 6) is -0.274. The van der Waals surface area contributed by atoms with Gasteiger partial charge in [-0.15, -0.1) is 11.3 Å². The van der Waals surface area contributed by atoms with Gasteiger partial charge in [0.15, 0.2) is 5.69 Å². The third kappa shape index (κ3) is 5.24. The molecule has 31 heavy (non-hydrogen) atoms. The molecule has 2 N–H and O–H groups in total. The molecular weight excluding hydrogens is 426 g/mol. The van der Waals surface area contributed by atoms with Crippen LogP contribution in [0.2, 0.25) is 25.7 Å². The third-order valence-corrected chi connectivity index (χ3v) is 7.41. The number of anilines is 1.